The van der Waals surface area contributed by atoms with E-state index in [1.165, 1.54) is 43.2 Å². The maximum Gasteiger partial charge on any atom is 0.0721 e. The van der Waals surface area contributed by atoms with Crippen molar-refractivity contribution in [2.24, 2.45) is 0 Å². The predicted octanol–water partition coefficient (Wildman–Crippen LogP) is 4.21. The van der Waals surface area contributed by atoms with Crippen LogP contribution in [0.4, 0.5) is 0 Å². The molecule has 1 aromatic rings. The van der Waals surface area contributed by atoms with Gasteiger partial charge in [0.15, 0.2) is 0 Å². The second-order valence-electron chi connectivity index (χ2n) is 5.68. The minimum Gasteiger partial charge on any atom is -0.375 e. The molecule has 0 saturated carbocycles. The molecule has 0 spiro atoms. The van der Waals surface area contributed by atoms with Crippen molar-refractivity contribution in [1.82, 2.24) is 5.32 Å². The van der Waals surface area contributed by atoms with E-state index in [0.29, 0.717) is 12.1 Å². The number of unbranched alkanes of at least 4 members (excludes halogenated alkanes) is 3. The number of hydrogen-bond donors (Lipinski definition) is 1. The highest BCUT2D eigenvalue weighted by atomic mass is 16.5. The van der Waals surface area contributed by atoms with Gasteiger partial charge in [-0.25, -0.2) is 0 Å². The van der Waals surface area contributed by atoms with Crippen LogP contribution in [0.5, 0.6) is 0 Å². The fourth-order valence-electron chi connectivity index (χ4n) is 2.82. The number of benzene rings is 1. The van der Waals surface area contributed by atoms with Crippen LogP contribution in [-0.4, -0.2) is 12.6 Å². The van der Waals surface area contributed by atoms with E-state index in [1.807, 2.05) is 0 Å². The lowest BCUT2D eigenvalue weighted by Crippen LogP contribution is -2.35. The lowest BCUT2D eigenvalue weighted by molar-refractivity contribution is 0.0786. The van der Waals surface area contributed by atoms with Crippen LogP contribution >= 0.6 is 0 Å². The SMILES string of the molecule is CCCCCCC(C)NC1COCc2ccccc21. The van der Waals surface area contributed by atoms with Gasteiger partial charge in [0.2, 0.25) is 0 Å². The van der Waals surface area contributed by atoms with E-state index in [4.69, 9.17) is 4.74 Å². The molecule has 0 aliphatic carbocycles. The fraction of sp³-hybridized carbons (Fsp3) is 0.647. The summed E-state index contributed by atoms with van der Waals surface area (Å²) in [7, 11) is 0. The normalized spacial score (nSPS) is 20.0. The van der Waals surface area contributed by atoms with Crippen molar-refractivity contribution in [3.63, 3.8) is 0 Å². The molecule has 1 heterocycles. The fourth-order valence-corrected chi connectivity index (χ4v) is 2.82. The first kappa shape index (κ1) is 14.5. The zero-order chi connectivity index (χ0) is 13.5. The molecular weight excluding hydrogens is 234 g/mol. The van der Waals surface area contributed by atoms with Crippen molar-refractivity contribution >= 4 is 0 Å². The Hall–Kier alpha value is -0.860. The van der Waals surface area contributed by atoms with Crippen molar-refractivity contribution in [2.45, 2.75) is 64.6 Å². The zero-order valence-electron chi connectivity index (χ0n) is 12.3. The third kappa shape index (κ3) is 4.32. The molecule has 2 rings (SSSR count). The number of rotatable bonds is 7. The second-order valence-corrected chi connectivity index (χ2v) is 5.68. The minimum absolute atomic E-state index is 0.367. The monoisotopic (exact) mass is 261 g/mol. The lowest BCUT2D eigenvalue weighted by Gasteiger charge is -2.29. The van der Waals surface area contributed by atoms with Gasteiger partial charge in [-0.15, -0.1) is 0 Å². The molecule has 0 saturated heterocycles. The molecule has 1 aromatic carbocycles. The van der Waals surface area contributed by atoms with Crippen molar-refractivity contribution in [3.05, 3.63) is 35.4 Å². The first-order valence-corrected chi connectivity index (χ1v) is 7.73. The molecule has 2 atom stereocenters. The summed E-state index contributed by atoms with van der Waals surface area (Å²) in [5.41, 5.74) is 2.76. The van der Waals surface area contributed by atoms with Crippen molar-refractivity contribution in [3.8, 4) is 0 Å². The molecule has 0 fully saturated rings. The van der Waals surface area contributed by atoms with E-state index in [2.05, 4.69) is 43.4 Å². The first-order chi connectivity index (χ1) is 9.31. The van der Waals surface area contributed by atoms with Crippen LogP contribution in [0.25, 0.3) is 0 Å². The van der Waals surface area contributed by atoms with Gasteiger partial charge in [-0.3, -0.25) is 0 Å². The Morgan fingerprint density at radius 2 is 2.11 bits per heavy atom. The standard InChI is InChI=1S/C17H27NO/c1-3-4-5-6-9-14(2)18-17-13-19-12-15-10-7-8-11-16(15)17/h7-8,10-11,14,17-18H,3-6,9,12-13H2,1-2H3. The quantitative estimate of drug-likeness (QED) is 0.742. The van der Waals surface area contributed by atoms with Crippen LogP contribution in [0, 0.1) is 0 Å². The summed E-state index contributed by atoms with van der Waals surface area (Å²) in [5.74, 6) is 0. The van der Waals surface area contributed by atoms with Gasteiger partial charge in [-0.1, -0.05) is 56.9 Å². The van der Waals surface area contributed by atoms with Crippen LogP contribution < -0.4 is 5.32 Å². The summed E-state index contributed by atoms with van der Waals surface area (Å²) in [6.07, 6.45) is 6.63. The molecule has 106 valence electrons. The average molecular weight is 261 g/mol. The van der Waals surface area contributed by atoms with E-state index in [-0.39, 0.29) is 0 Å². The van der Waals surface area contributed by atoms with Gasteiger partial charge in [0.1, 0.15) is 0 Å². The van der Waals surface area contributed by atoms with E-state index in [1.54, 1.807) is 0 Å². The van der Waals surface area contributed by atoms with Crippen LogP contribution in [-0.2, 0) is 11.3 Å². The third-order valence-electron chi connectivity index (χ3n) is 3.95. The van der Waals surface area contributed by atoms with Gasteiger partial charge in [-0.2, -0.15) is 0 Å². The molecule has 1 aliphatic heterocycles. The second kappa shape index (κ2) is 7.66. The highest BCUT2D eigenvalue weighted by Crippen LogP contribution is 2.25. The van der Waals surface area contributed by atoms with Crippen LogP contribution in [0.1, 0.15) is 63.1 Å². The van der Waals surface area contributed by atoms with E-state index < -0.39 is 0 Å². The Morgan fingerprint density at radius 3 is 2.95 bits per heavy atom. The van der Waals surface area contributed by atoms with Gasteiger partial charge in [0, 0.05) is 6.04 Å². The molecule has 19 heavy (non-hydrogen) atoms. The van der Waals surface area contributed by atoms with Gasteiger partial charge in [-0.05, 0) is 24.5 Å². The molecule has 0 amide bonds. The highest BCUT2D eigenvalue weighted by molar-refractivity contribution is 5.31. The first-order valence-electron chi connectivity index (χ1n) is 7.73. The molecule has 0 bridgehead atoms. The smallest absolute Gasteiger partial charge is 0.0721 e. The summed E-state index contributed by atoms with van der Waals surface area (Å²) >= 11 is 0. The molecule has 2 heteroatoms. The molecule has 1 N–H and O–H groups in total. The minimum atomic E-state index is 0.367. The molecular formula is C17H27NO. The Balaban J connectivity index is 1.83. The van der Waals surface area contributed by atoms with Gasteiger partial charge >= 0.3 is 0 Å². The summed E-state index contributed by atoms with van der Waals surface area (Å²) in [4.78, 5) is 0. The Labute approximate surface area is 117 Å². The molecule has 2 nitrogen and oxygen atoms in total. The van der Waals surface area contributed by atoms with Crippen molar-refractivity contribution in [2.75, 3.05) is 6.61 Å². The van der Waals surface area contributed by atoms with Crippen LogP contribution in [0.15, 0.2) is 24.3 Å². The largest absolute Gasteiger partial charge is 0.375 e. The number of hydrogen-bond acceptors (Lipinski definition) is 2. The Bertz CT molecular complexity index is 377. The summed E-state index contributed by atoms with van der Waals surface area (Å²) in [5, 5.41) is 3.73. The van der Waals surface area contributed by atoms with E-state index in [9.17, 15) is 0 Å². The Kier molecular flexibility index (Phi) is 5.87. The van der Waals surface area contributed by atoms with Gasteiger partial charge in [0.25, 0.3) is 0 Å². The lowest BCUT2D eigenvalue weighted by atomic mass is 9.98. The third-order valence-corrected chi connectivity index (χ3v) is 3.95. The molecule has 1 aliphatic rings. The maximum absolute atomic E-state index is 5.69. The van der Waals surface area contributed by atoms with Gasteiger partial charge in [0.05, 0.1) is 19.3 Å². The summed E-state index contributed by atoms with van der Waals surface area (Å²) in [6, 6.07) is 9.57. The zero-order valence-corrected chi connectivity index (χ0v) is 12.3. The molecule has 0 aromatic heterocycles. The summed E-state index contributed by atoms with van der Waals surface area (Å²) < 4.78 is 5.69. The number of fused-ring (bicyclic) bond motifs is 1. The molecule has 2 unspecified atom stereocenters. The highest BCUT2D eigenvalue weighted by Gasteiger charge is 2.21. The van der Waals surface area contributed by atoms with E-state index >= 15 is 0 Å². The maximum atomic E-state index is 5.69. The number of ether oxygens (including phenoxy) is 1. The topological polar surface area (TPSA) is 21.3 Å². The van der Waals surface area contributed by atoms with Crippen molar-refractivity contribution < 1.29 is 4.74 Å². The van der Waals surface area contributed by atoms with Crippen molar-refractivity contribution in [1.29, 1.82) is 0 Å². The van der Waals surface area contributed by atoms with Crippen LogP contribution in [0.2, 0.25) is 0 Å². The Morgan fingerprint density at radius 1 is 1.26 bits per heavy atom. The number of nitrogens with one attached hydrogen (secondary N) is 1. The predicted molar refractivity (Wildman–Crippen MR) is 80.2 cm³/mol. The average Bonchev–Trinajstić information content (AvgIpc) is 2.44. The van der Waals surface area contributed by atoms with Crippen LogP contribution in [0.3, 0.4) is 0 Å². The molecule has 0 radical (unpaired) electrons. The summed E-state index contributed by atoms with van der Waals surface area (Å²) in [6.45, 7) is 6.12. The van der Waals surface area contributed by atoms with Gasteiger partial charge < -0.3 is 10.1 Å². The van der Waals surface area contributed by atoms with E-state index in [0.717, 1.165) is 13.2 Å².